The number of hydrogen-bond acceptors (Lipinski definition) is 3. The highest BCUT2D eigenvalue weighted by molar-refractivity contribution is 5.95. The molecule has 1 aliphatic carbocycles. The lowest BCUT2D eigenvalue weighted by Gasteiger charge is -2.54. The van der Waals surface area contributed by atoms with Gasteiger partial charge in [-0.2, -0.15) is 5.26 Å². The lowest BCUT2D eigenvalue weighted by molar-refractivity contribution is -0.0250. The monoisotopic (exact) mass is 353 g/mol. The largest absolute Gasteiger partial charge is 0.333 e. The molecule has 1 heterocycles. The number of nitrogens with zero attached hydrogens (tertiary/aromatic N) is 3. The summed E-state index contributed by atoms with van der Waals surface area (Å²) in [6, 6.07) is 7.72. The van der Waals surface area contributed by atoms with Gasteiger partial charge in [0, 0.05) is 18.0 Å². The maximum Gasteiger partial charge on any atom is 0.254 e. The molecule has 140 valence electrons. The number of fused-ring (bicyclic) bond motifs is 1. The van der Waals surface area contributed by atoms with E-state index in [2.05, 4.69) is 54.7 Å². The summed E-state index contributed by atoms with van der Waals surface area (Å²) in [5.74, 6) is 0.00615. The summed E-state index contributed by atoms with van der Waals surface area (Å²) in [6.07, 6.45) is 2.46. The lowest BCUT2D eigenvalue weighted by atomic mass is 9.67. The molecule has 3 atom stereocenters. The minimum absolute atomic E-state index is 0.00615. The number of likely N-dealkylation sites (tertiary alicyclic amines) is 1. The van der Waals surface area contributed by atoms with Gasteiger partial charge >= 0.3 is 0 Å². The van der Waals surface area contributed by atoms with Crippen molar-refractivity contribution in [1.29, 1.82) is 5.26 Å². The van der Waals surface area contributed by atoms with Crippen LogP contribution in [0.3, 0.4) is 0 Å². The molecule has 2 fully saturated rings. The van der Waals surface area contributed by atoms with E-state index >= 15 is 0 Å². The van der Waals surface area contributed by atoms with E-state index in [1.54, 1.807) is 0 Å². The first-order valence-corrected chi connectivity index (χ1v) is 9.31. The summed E-state index contributed by atoms with van der Waals surface area (Å²) in [4.78, 5) is 17.2. The molecular formula is C22H31N3O. The van der Waals surface area contributed by atoms with Gasteiger partial charge in [0.05, 0.1) is 16.6 Å². The molecule has 0 unspecified atom stereocenters. The van der Waals surface area contributed by atoms with Crippen LogP contribution in [-0.4, -0.2) is 39.4 Å². The van der Waals surface area contributed by atoms with Crippen molar-refractivity contribution in [2.24, 2.45) is 10.8 Å². The highest BCUT2D eigenvalue weighted by Gasteiger charge is 2.94. The molecule has 2 aliphatic rings. The first-order chi connectivity index (χ1) is 11.8. The SMILES string of the molecule is Cc1ccc(C(=O)N(C)[C@@]2(C)C(C)(C)N(C#N)[C@@]3(C)C(C)(C)[C@@]23C)cc1. The molecule has 3 rings (SSSR count). The second-order valence-corrected chi connectivity index (χ2v) is 9.62. The van der Waals surface area contributed by atoms with Crippen molar-refractivity contribution >= 4 is 5.91 Å². The standard InChI is InChI=1S/C22H31N3O/c1-15-10-12-16(13-11-15)17(26)24(9)22(8)19(4,5)25(14-23)21(7)18(2,3)20(21,22)6/h10-13H,1-9H3/t20-,21+,22+/m1/s1. The van der Waals surface area contributed by atoms with Crippen LogP contribution in [0.15, 0.2) is 24.3 Å². The van der Waals surface area contributed by atoms with E-state index in [0.717, 1.165) is 5.56 Å². The third-order valence-electron chi connectivity index (χ3n) is 8.92. The average molecular weight is 354 g/mol. The molecule has 1 saturated heterocycles. The maximum absolute atomic E-state index is 13.4. The quantitative estimate of drug-likeness (QED) is 0.749. The van der Waals surface area contributed by atoms with Crippen molar-refractivity contribution in [2.45, 2.75) is 72.0 Å². The zero-order chi connectivity index (χ0) is 19.9. The Bertz CT molecular complexity index is 819. The number of piperidine rings is 1. The molecular weight excluding hydrogens is 322 g/mol. The van der Waals surface area contributed by atoms with Crippen LogP contribution in [0.4, 0.5) is 0 Å². The number of benzene rings is 1. The fourth-order valence-electron chi connectivity index (χ4n) is 6.36. The van der Waals surface area contributed by atoms with E-state index in [1.165, 1.54) is 0 Å². The van der Waals surface area contributed by atoms with Gasteiger partial charge in [-0.25, -0.2) is 0 Å². The Balaban J connectivity index is 2.14. The molecule has 4 heteroatoms. The molecule has 1 aromatic carbocycles. The molecule has 1 saturated carbocycles. The van der Waals surface area contributed by atoms with Gasteiger partial charge in [0.1, 0.15) is 0 Å². The molecule has 0 bridgehead atoms. The normalized spacial score (nSPS) is 36.2. The number of nitriles is 1. The van der Waals surface area contributed by atoms with Crippen LogP contribution in [0.1, 0.15) is 64.4 Å². The van der Waals surface area contributed by atoms with E-state index in [-0.39, 0.29) is 22.3 Å². The molecule has 0 aromatic heterocycles. The molecule has 0 radical (unpaired) electrons. The van der Waals surface area contributed by atoms with E-state index in [0.29, 0.717) is 5.56 Å². The number of rotatable bonds is 2. The predicted octanol–water partition coefficient (Wildman–Crippen LogP) is 4.21. The van der Waals surface area contributed by atoms with E-state index in [9.17, 15) is 10.1 Å². The Morgan fingerprint density at radius 2 is 1.54 bits per heavy atom. The van der Waals surface area contributed by atoms with Crippen LogP contribution in [-0.2, 0) is 0 Å². The average Bonchev–Trinajstić information content (AvgIpc) is 2.88. The first kappa shape index (κ1) is 18.8. The fraction of sp³-hybridized carbons (Fsp3) is 0.636. The number of aryl methyl sites for hydroxylation is 1. The molecule has 1 aliphatic heterocycles. The Hall–Kier alpha value is -2.02. The van der Waals surface area contributed by atoms with Crippen LogP contribution in [0.25, 0.3) is 0 Å². The van der Waals surface area contributed by atoms with Crippen molar-refractivity contribution < 1.29 is 4.79 Å². The highest BCUT2D eigenvalue weighted by atomic mass is 16.2. The van der Waals surface area contributed by atoms with Crippen molar-refractivity contribution in [3.05, 3.63) is 35.4 Å². The van der Waals surface area contributed by atoms with Crippen LogP contribution in [0.2, 0.25) is 0 Å². The van der Waals surface area contributed by atoms with Gasteiger partial charge in [-0.1, -0.05) is 38.5 Å². The Morgan fingerprint density at radius 1 is 1.04 bits per heavy atom. The molecule has 1 amide bonds. The van der Waals surface area contributed by atoms with Gasteiger partial charge in [0.2, 0.25) is 0 Å². The fourth-order valence-corrected chi connectivity index (χ4v) is 6.36. The summed E-state index contributed by atoms with van der Waals surface area (Å²) < 4.78 is 0. The van der Waals surface area contributed by atoms with Gasteiger partial charge in [0.25, 0.3) is 5.91 Å². The van der Waals surface area contributed by atoms with E-state index in [1.807, 2.05) is 48.0 Å². The van der Waals surface area contributed by atoms with Crippen LogP contribution in [0, 0.1) is 29.2 Å². The van der Waals surface area contributed by atoms with E-state index in [4.69, 9.17) is 0 Å². The zero-order valence-corrected chi connectivity index (χ0v) is 17.6. The highest BCUT2D eigenvalue weighted by Crippen LogP contribution is 2.85. The molecule has 4 nitrogen and oxygen atoms in total. The minimum atomic E-state index is -0.504. The summed E-state index contributed by atoms with van der Waals surface area (Å²) in [5, 5.41) is 9.98. The Labute approximate surface area is 157 Å². The summed E-state index contributed by atoms with van der Waals surface area (Å²) >= 11 is 0. The maximum atomic E-state index is 13.4. The van der Waals surface area contributed by atoms with Crippen molar-refractivity contribution in [2.75, 3.05) is 7.05 Å². The van der Waals surface area contributed by atoms with Crippen molar-refractivity contribution in [3.8, 4) is 6.19 Å². The molecule has 0 spiro atoms. The summed E-state index contributed by atoms with van der Waals surface area (Å²) in [7, 11) is 1.89. The van der Waals surface area contributed by atoms with Gasteiger partial charge < -0.3 is 4.90 Å². The van der Waals surface area contributed by atoms with Crippen LogP contribution >= 0.6 is 0 Å². The smallest absolute Gasteiger partial charge is 0.254 e. The predicted molar refractivity (Wildman–Crippen MR) is 104 cm³/mol. The number of carbonyl (C=O) groups excluding carboxylic acids is 1. The third kappa shape index (κ3) is 1.55. The zero-order valence-electron chi connectivity index (χ0n) is 17.6. The Kier molecular flexibility index (Phi) is 3.48. The molecule has 0 N–H and O–H groups in total. The van der Waals surface area contributed by atoms with Gasteiger partial charge in [0.15, 0.2) is 6.19 Å². The number of likely N-dealkylation sites (N-methyl/N-ethyl adjacent to an activating group) is 1. The van der Waals surface area contributed by atoms with Crippen LogP contribution < -0.4 is 0 Å². The molecule has 26 heavy (non-hydrogen) atoms. The lowest BCUT2D eigenvalue weighted by Crippen LogP contribution is -2.67. The van der Waals surface area contributed by atoms with Gasteiger partial charge in [-0.3, -0.25) is 9.69 Å². The number of hydrogen-bond donors (Lipinski definition) is 0. The van der Waals surface area contributed by atoms with Crippen LogP contribution in [0.5, 0.6) is 0 Å². The summed E-state index contributed by atoms with van der Waals surface area (Å²) in [6.45, 7) is 17.2. The van der Waals surface area contributed by atoms with Crippen molar-refractivity contribution in [1.82, 2.24) is 9.80 Å². The topological polar surface area (TPSA) is 47.3 Å². The third-order valence-corrected chi connectivity index (χ3v) is 8.92. The first-order valence-electron chi connectivity index (χ1n) is 9.31. The van der Waals surface area contributed by atoms with Crippen molar-refractivity contribution in [3.63, 3.8) is 0 Å². The van der Waals surface area contributed by atoms with Gasteiger partial charge in [-0.05, 0) is 52.2 Å². The number of amides is 1. The molecule has 1 aromatic rings. The minimum Gasteiger partial charge on any atom is -0.333 e. The second kappa shape index (κ2) is 4.82. The second-order valence-electron chi connectivity index (χ2n) is 9.62. The summed E-state index contributed by atoms with van der Waals surface area (Å²) in [5.41, 5.74) is 0.272. The van der Waals surface area contributed by atoms with E-state index < -0.39 is 11.1 Å². The van der Waals surface area contributed by atoms with Gasteiger partial charge in [-0.15, -0.1) is 0 Å². The number of carbonyl (C=O) groups is 1. The Morgan fingerprint density at radius 3 is 1.96 bits per heavy atom.